The number of alkyl halides is 6. The molecule has 39 heavy (non-hydrogen) atoms. The van der Waals surface area contributed by atoms with E-state index in [1.807, 2.05) is 23.1 Å². The van der Waals surface area contributed by atoms with Gasteiger partial charge < -0.3 is 25.2 Å². The van der Waals surface area contributed by atoms with E-state index in [2.05, 4.69) is 16.4 Å². The molecule has 2 aliphatic heterocycles. The van der Waals surface area contributed by atoms with Gasteiger partial charge in [0.25, 0.3) is 5.91 Å². The molecule has 0 radical (unpaired) electrons. The second-order valence-corrected chi connectivity index (χ2v) is 9.37. The fourth-order valence-corrected chi connectivity index (χ4v) is 4.61. The molecule has 1 unspecified atom stereocenters. The number of piperidine rings is 1. The zero-order valence-electron chi connectivity index (χ0n) is 20.2. The number of hydrogen-bond acceptors (Lipinski definition) is 7. The van der Waals surface area contributed by atoms with Crippen LogP contribution in [0.5, 0.6) is 5.75 Å². The first kappa shape index (κ1) is 31.8. The zero-order valence-corrected chi connectivity index (χ0v) is 21.0. The van der Waals surface area contributed by atoms with Crippen LogP contribution < -0.4 is 10.1 Å². The van der Waals surface area contributed by atoms with Crippen LogP contribution in [-0.2, 0) is 9.59 Å². The van der Waals surface area contributed by atoms with Gasteiger partial charge in [0.15, 0.2) is 0 Å². The zero-order chi connectivity index (χ0) is 29.2. The predicted octanol–water partition coefficient (Wildman–Crippen LogP) is 4.52. The number of nitrogens with zero attached hydrogens (tertiary/aromatic N) is 2. The average Bonchev–Trinajstić information content (AvgIpc) is 3.57. The Morgan fingerprint density at radius 1 is 0.974 bits per heavy atom. The number of aliphatic carboxylic acids is 2. The van der Waals surface area contributed by atoms with Crippen LogP contribution in [0.15, 0.2) is 36.7 Å². The number of carboxylic acids is 2. The summed E-state index contributed by atoms with van der Waals surface area (Å²) in [5, 5.41) is 17.7. The number of carbonyl (C=O) groups excluding carboxylic acids is 1. The molecule has 0 bridgehead atoms. The molecule has 0 aromatic carbocycles. The molecule has 216 valence electrons. The second-order valence-electron chi connectivity index (χ2n) is 8.25. The van der Waals surface area contributed by atoms with Crippen molar-refractivity contribution in [2.24, 2.45) is 0 Å². The van der Waals surface area contributed by atoms with Crippen molar-refractivity contribution in [2.45, 2.75) is 50.2 Å². The van der Waals surface area contributed by atoms with Gasteiger partial charge in [-0.25, -0.2) is 9.59 Å². The van der Waals surface area contributed by atoms with Crippen molar-refractivity contribution < 1.29 is 55.7 Å². The van der Waals surface area contributed by atoms with Crippen molar-refractivity contribution in [1.82, 2.24) is 15.2 Å². The van der Waals surface area contributed by atoms with Crippen LogP contribution in [0.3, 0.4) is 0 Å². The third-order valence-corrected chi connectivity index (χ3v) is 6.58. The smallest absolute Gasteiger partial charge is 0.489 e. The number of amides is 1. The monoisotopic (exact) mass is 585 g/mol. The number of ether oxygens (including phenoxy) is 1. The summed E-state index contributed by atoms with van der Waals surface area (Å²) in [6.45, 7) is 2.58. The maximum absolute atomic E-state index is 12.8. The third-order valence-electron chi connectivity index (χ3n) is 5.39. The molecule has 2 aromatic heterocycles. The molecule has 0 spiro atoms. The van der Waals surface area contributed by atoms with Gasteiger partial charge in [-0.05, 0) is 43.7 Å². The second kappa shape index (κ2) is 14.1. The molecule has 0 aliphatic carbocycles. The van der Waals surface area contributed by atoms with Crippen LogP contribution >= 0.6 is 11.3 Å². The number of rotatable bonds is 4. The number of hydrogen-bond donors (Lipinski definition) is 3. The minimum absolute atomic E-state index is 0.161. The van der Waals surface area contributed by atoms with Gasteiger partial charge in [-0.15, -0.1) is 11.3 Å². The van der Waals surface area contributed by atoms with Crippen molar-refractivity contribution in [3.63, 3.8) is 0 Å². The van der Waals surface area contributed by atoms with Crippen LogP contribution in [0.4, 0.5) is 26.3 Å². The number of halogens is 6. The fraction of sp³-hybridized carbons (Fsp3) is 0.478. The molecule has 2 aromatic rings. The van der Waals surface area contributed by atoms with E-state index in [1.165, 1.54) is 17.7 Å². The largest absolute Gasteiger partial charge is 0.490 e. The predicted molar refractivity (Wildman–Crippen MR) is 125 cm³/mol. The average molecular weight is 586 g/mol. The van der Waals surface area contributed by atoms with E-state index in [9.17, 15) is 31.1 Å². The Morgan fingerprint density at radius 3 is 2.03 bits per heavy atom. The highest BCUT2D eigenvalue weighted by atomic mass is 32.1. The number of pyridine rings is 1. The molecule has 9 nitrogen and oxygen atoms in total. The van der Waals surface area contributed by atoms with E-state index >= 15 is 0 Å². The number of nitrogens with one attached hydrogen (secondary N) is 1. The van der Waals surface area contributed by atoms with E-state index < -0.39 is 24.3 Å². The highest BCUT2D eigenvalue weighted by molar-refractivity contribution is 7.14. The summed E-state index contributed by atoms with van der Waals surface area (Å²) in [5.74, 6) is -4.55. The summed E-state index contributed by atoms with van der Waals surface area (Å²) in [7, 11) is 0. The number of likely N-dealkylation sites (tertiary alicyclic amines) is 1. The molecule has 4 rings (SSSR count). The Labute approximate surface area is 222 Å². The van der Waals surface area contributed by atoms with Crippen molar-refractivity contribution in [3.05, 3.63) is 46.4 Å². The number of carboxylic acid groups (broad SMARTS) is 2. The van der Waals surface area contributed by atoms with Gasteiger partial charge >= 0.3 is 24.3 Å². The normalized spacial score (nSPS) is 17.8. The Hall–Kier alpha value is -3.40. The van der Waals surface area contributed by atoms with Crippen molar-refractivity contribution >= 4 is 29.2 Å². The van der Waals surface area contributed by atoms with Gasteiger partial charge in [0.05, 0.1) is 11.1 Å². The number of aromatic nitrogens is 1. The van der Waals surface area contributed by atoms with Crippen LogP contribution in [0.1, 0.15) is 46.3 Å². The Balaban J connectivity index is 0.000000317. The van der Waals surface area contributed by atoms with E-state index in [1.54, 1.807) is 23.7 Å². The number of thiophene rings is 1. The van der Waals surface area contributed by atoms with Gasteiger partial charge in [-0.3, -0.25) is 9.78 Å². The van der Waals surface area contributed by atoms with Gasteiger partial charge in [-0.2, -0.15) is 26.3 Å². The lowest BCUT2D eigenvalue weighted by Gasteiger charge is -2.31. The third kappa shape index (κ3) is 10.7. The summed E-state index contributed by atoms with van der Waals surface area (Å²) in [5.41, 5.74) is 0. The maximum Gasteiger partial charge on any atom is 0.490 e. The highest BCUT2D eigenvalue weighted by Crippen LogP contribution is 2.30. The van der Waals surface area contributed by atoms with E-state index in [0.717, 1.165) is 43.1 Å². The lowest BCUT2D eigenvalue weighted by atomic mass is 10.1. The topological polar surface area (TPSA) is 129 Å². The summed E-state index contributed by atoms with van der Waals surface area (Å²) < 4.78 is 69.4. The summed E-state index contributed by atoms with van der Waals surface area (Å²) in [4.78, 5) is 38.7. The summed E-state index contributed by atoms with van der Waals surface area (Å²) >= 11 is 1.64. The Kier molecular flexibility index (Phi) is 11.5. The molecule has 16 heteroatoms. The molecule has 2 fully saturated rings. The molecule has 4 heterocycles. The lowest BCUT2D eigenvalue weighted by molar-refractivity contribution is -0.193. The van der Waals surface area contributed by atoms with Crippen molar-refractivity contribution in [3.8, 4) is 5.75 Å². The van der Waals surface area contributed by atoms with Crippen LogP contribution in [-0.4, -0.2) is 76.0 Å². The van der Waals surface area contributed by atoms with Gasteiger partial charge in [0, 0.05) is 43.0 Å². The Bertz CT molecular complexity index is 1060. The minimum Gasteiger partial charge on any atom is -0.489 e. The van der Waals surface area contributed by atoms with Crippen LogP contribution in [0, 0.1) is 0 Å². The first-order valence-electron chi connectivity index (χ1n) is 11.5. The molecular formula is C23H25F6N3O6S. The molecule has 1 atom stereocenters. The molecule has 2 aliphatic rings. The maximum atomic E-state index is 12.8. The lowest BCUT2D eigenvalue weighted by Crippen LogP contribution is -2.41. The van der Waals surface area contributed by atoms with Gasteiger partial charge in [0.2, 0.25) is 0 Å². The molecule has 0 saturated carbocycles. The highest BCUT2D eigenvalue weighted by Gasteiger charge is 2.39. The summed E-state index contributed by atoms with van der Waals surface area (Å²) in [6.07, 6.45) is -2.41. The first-order chi connectivity index (χ1) is 18.2. The quantitative estimate of drug-likeness (QED) is 0.447. The van der Waals surface area contributed by atoms with E-state index in [-0.39, 0.29) is 12.0 Å². The van der Waals surface area contributed by atoms with E-state index in [4.69, 9.17) is 24.5 Å². The number of carbonyl (C=O) groups is 3. The first-order valence-corrected chi connectivity index (χ1v) is 12.3. The standard InChI is InChI=1S/C19H23N3O2S.2C2HF3O2/c23-19(18-6-5-17(25-18)16-4-2-10-21-16)22-11-7-14(8-12-22)24-15-3-1-9-20-13-15;2*3-2(4,5)1(6)7/h1,3,5-6,9,13-14,16,21H,2,4,7-8,10-12H2;2*(H,6,7). The molecule has 3 N–H and O–H groups in total. The van der Waals surface area contributed by atoms with Crippen LogP contribution in [0.2, 0.25) is 0 Å². The molecule has 1 amide bonds. The molecular weight excluding hydrogens is 560 g/mol. The van der Waals surface area contributed by atoms with Crippen molar-refractivity contribution in [2.75, 3.05) is 19.6 Å². The van der Waals surface area contributed by atoms with E-state index in [0.29, 0.717) is 6.04 Å². The SMILES string of the molecule is O=C(O)C(F)(F)F.O=C(O)C(F)(F)F.O=C(c1ccc(C2CCCN2)s1)N1CCC(Oc2cccnc2)CC1. The summed E-state index contributed by atoms with van der Waals surface area (Å²) in [6, 6.07) is 8.33. The Morgan fingerprint density at radius 2 is 1.56 bits per heavy atom. The van der Waals surface area contributed by atoms with Gasteiger partial charge in [-0.1, -0.05) is 0 Å². The molecule has 2 saturated heterocycles. The van der Waals surface area contributed by atoms with Gasteiger partial charge in [0.1, 0.15) is 11.9 Å². The van der Waals surface area contributed by atoms with Crippen molar-refractivity contribution in [1.29, 1.82) is 0 Å². The van der Waals surface area contributed by atoms with Crippen LogP contribution in [0.25, 0.3) is 0 Å². The minimum atomic E-state index is -5.08. The fourth-order valence-electron chi connectivity index (χ4n) is 3.52.